The molecule has 1 atom stereocenters. The van der Waals surface area contributed by atoms with Crippen molar-refractivity contribution in [3.8, 4) is 5.75 Å². The number of benzene rings is 4. The van der Waals surface area contributed by atoms with Crippen molar-refractivity contribution in [1.29, 1.82) is 0 Å². The van der Waals surface area contributed by atoms with E-state index in [1.54, 1.807) is 7.11 Å². The highest BCUT2D eigenvalue weighted by atomic mass is 79.9. The molecule has 0 saturated carbocycles. The fourth-order valence-electron chi connectivity index (χ4n) is 5.20. The molecule has 152 valence electrons. The second kappa shape index (κ2) is 7.29. The standard InChI is InChI=1S/C28H21BrOS/c1-16-13-17-14-23(30-2)19-7-3-4-8-20(19)27(17)26(16)28-21-9-5-6-10-24(21)31-25-12-11-18(29)15-22(25)28/h3-12,14-16H,13H2,1-2H3. The number of fused-ring (bicyclic) bond motifs is 5. The molecule has 6 rings (SSSR count). The van der Waals surface area contributed by atoms with Crippen molar-refractivity contribution in [1.82, 2.24) is 0 Å². The summed E-state index contributed by atoms with van der Waals surface area (Å²) in [7, 11) is 1.77. The molecule has 0 saturated heterocycles. The van der Waals surface area contributed by atoms with Gasteiger partial charge in [0.15, 0.2) is 0 Å². The summed E-state index contributed by atoms with van der Waals surface area (Å²) in [6.07, 6.45) is 1.04. The molecular weight excluding hydrogens is 464 g/mol. The second-order valence-corrected chi connectivity index (χ2v) is 10.3. The van der Waals surface area contributed by atoms with Gasteiger partial charge in [0.1, 0.15) is 5.75 Å². The van der Waals surface area contributed by atoms with Crippen molar-refractivity contribution in [2.45, 2.75) is 23.1 Å². The Bertz CT molecular complexity index is 1400. The first-order chi connectivity index (χ1) is 15.2. The van der Waals surface area contributed by atoms with E-state index in [0.29, 0.717) is 5.92 Å². The topological polar surface area (TPSA) is 9.23 Å². The Hall–Kier alpha value is -2.49. The van der Waals surface area contributed by atoms with E-state index in [1.807, 2.05) is 11.8 Å². The van der Waals surface area contributed by atoms with Crippen LogP contribution in [0.3, 0.4) is 0 Å². The van der Waals surface area contributed by atoms with Crippen LogP contribution in [-0.2, 0) is 6.42 Å². The molecule has 1 aliphatic heterocycles. The van der Waals surface area contributed by atoms with Crippen LogP contribution in [0.4, 0.5) is 0 Å². The van der Waals surface area contributed by atoms with Gasteiger partial charge in [-0.1, -0.05) is 77.1 Å². The van der Waals surface area contributed by atoms with Crippen molar-refractivity contribution in [2.75, 3.05) is 7.11 Å². The Morgan fingerprint density at radius 1 is 0.871 bits per heavy atom. The van der Waals surface area contributed by atoms with E-state index >= 15 is 0 Å². The Morgan fingerprint density at radius 2 is 1.61 bits per heavy atom. The summed E-state index contributed by atoms with van der Waals surface area (Å²) < 4.78 is 6.89. The average Bonchev–Trinajstić information content (AvgIpc) is 3.12. The van der Waals surface area contributed by atoms with Gasteiger partial charge >= 0.3 is 0 Å². The maximum absolute atomic E-state index is 5.77. The molecule has 0 amide bonds. The summed E-state index contributed by atoms with van der Waals surface area (Å²) in [5.74, 6) is 1.40. The van der Waals surface area contributed by atoms with Crippen LogP contribution >= 0.6 is 27.7 Å². The summed E-state index contributed by atoms with van der Waals surface area (Å²) in [5.41, 5.74) is 8.29. The number of halogens is 1. The Balaban J connectivity index is 1.77. The maximum Gasteiger partial charge on any atom is 0.126 e. The van der Waals surface area contributed by atoms with E-state index in [2.05, 4.69) is 95.7 Å². The van der Waals surface area contributed by atoms with Gasteiger partial charge in [-0.05, 0) is 81.5 Å². The summed E-state index contributed by atoms with van der Waals surface area (Å²) in [5, 5.41) is 2.47. The van der Waals surface area contributed by atoms with Gasteiger partial charge in [-0.2, -0.15) is 0 Å². The van der Waals surface area contributed by atoms with E-state index in [9.17, 15) is 0 Å². The Morgan fingerprint density at radius 3 is 2.45 bits per heavy atom. The number of hydrogen-bond acceptors (Lipinski definition) is 2. The van der Waals surface area contributed by atoms with Gasteiger partial charge in [0.25, 0.3) is 0 Å². The van der Waals surface area contributed by atoms with Crippen LogP contribution < -0.4 is 4.74 Å². The SMILES string of the molecule is COc1cc2c(c3ccccc13)C(=C1c3ccccc3Sc3ccc(Br)cc31)C(C)C2. The molecule has 1 nitrogen and oxygen atoms in total. The Kier molecular flexibility index (Phi) is 4.52. The molecule has 2 aliphatic rings. The minimum atomic E-state index is 0.434. The zero-order chi connectivity index (χ0) is 21.1. The number of rotatable bonds is 1. The molecule has 0 aromatic heterocycles. The summed E-state index contributed by atoms with van der Waals surface area (Å²) >= 11 is 5.59. The molecule has 1 heterocycles. The smallest absolute Gasteiger partial charge is 0.126 e. The van der Waals surface area contributed by atoms with Gasteiger partial charge in [0.05, 0.1) is 7.11 Å². The van der Waals surface area contributed by atoms with Crippen LogP contribution in [-0.4, -0.2) is 7.11 Å². The molecule has 4 aromatic carbocycles. The molecule has 4 aromatic rings. The van der Waals surface area contributed by atoms with Crippen LogP contribution in [0.1, 0.15) is 29.2 Å². The molecule has 0 spiro atoms. The van der Waals surface area contributed by atoms with Crippen molar-refractivity contribution in [3.63, 3.8) is 0 Å². The molecule has 0 radical (unpaired) electrons. The molecule has 0 bridgehead atoms. The van der Waals surface area contributed by atoms with Gasteiger partial charge in [0.2, 0.25) is 0 Å². The monoisotopic (exact) mass is 484 g/mol. The van der Waals surface area contributed by atoms with Crippen LogP contribution in [0, 0.1) is 5.92 Å². The fraction of sp³-hybridized carbons (Fsp3) is 0.143. The van der Waals surface area contributed by atoms with Crippen LogP contribution in [0.15, 0.2) is 87.1 Å². The van der Waals surface area contributed by atoms with Crippen molar-refractivity contribution < 1.29 is 4.74 Å². The minimum absolute atomic E-state index is 0.434. The lowest BCUT2D eigenvalue weighted by atomic mass is 9.85. The van der Waals surface area contributed by atoms with E-state index in [4.69, 9.17) is 4.74 Å². The van der Waals surface area contributed by atoms with Crippen LogP contribution in [0.25, 0.3) is 21.9 Å². The average molecular weight is 485 g/mol. The fourth-order valence-corrected chi connectivity index (χ4v) is 6.63. The second-order valence-electron chi connectivity index (χ2n) is 8.29. The molecule has 1 aliphatic carbocycles. The van der Waals surface area contributed by atoms with Gasteiger partial charge in [-0.25, -0.2) is 0 Å². The van der Waals surface area contributed by atoms with E-state index in [1.165, 1.54) is 54.0 Å². The summed E-state index contributed by atoms with van der Waals surface area (Å²) in [4.78, 5) is 2.65. The van der Waals surface area contributed by atoms with E-state index in [-0.39, 0.29) is 0 Å². The number of allylic oxidation sites excluding steroid dienone is 1. The third kappa shape index (κ3) is 2.90. The summed E-state index contributed by atoms with van der Waals surface area (Å²) in [6, 6.07) is 26.4. The summed E-state index contributed by atoms with van der Waals surface area (Å²) in [6.45, 7) is 2.37. The maximum atomic E-state index is 5.77. The largest absolute Gasteiger partial charge is 0.496 e. The van der Waals surface area contributed by atoms with Crippen LogP contribution in [0.5, 0.6) is 5.75 Å². The predicted octanol–water partition coefficient (Wildman–Crippen LogP) is 8.23. The molecule has 31 heavy (non-hydrogen) atoms. The Labute approximate surface area is 195 Å². The molecule has 1 unspecified atom stereocenters. The number of methoxy groups -OCH3 is 1. The first-order valence-corrected chi connectivity index (χ1v) is 12.2. The number of ether oxygens (including phenoxy) is 1. The zero-order valence-corrected chi connectivity index (χ0v) is 19.8. The first kappa shape index (κ1) is 19.2. The lowest BCUT2D eigenvalue weighted by Gasteiger charge is -2.26. The molecule has 0 N–H and O–H groups in total. The van der Waals surface area contributed by atoms with Gasteiger partial charge in [-0.3, -0.25) is 0 Å². The molecule has 3 heteroatoms. The third-order valence-corrected chi connectivity index (χ3v) is 8.10. The van der Waals surface area contributed by atoms with Crippen molar-refractivity contribution in [3.05, 3.63) is 99.5 Å². The van der Waals surface area contributed by atoms with E-state index < -0.39 is 0 Å². The lowest BCUT2D eigenvalue weighted by molar-refractivity contribution is 0.419. The van der Waals surface area contributed by atoms with Crippen molar-refractivity contribution in [2.24, 2.45) is 5.92 Å². The highest BCUT2D eigenvalue weighted by molar-refractivity contribution is 9.10. The lowest BCUT2D eigenvalue weighted by Crippen LogP contribution is -2.04. The van der Waals surface area contributed by atoms with Crippen molar-refractivity contribution >= 4 is 49.6 Å². The third-order valence-electron chi connectivity index (χ3n) is 6.45. The van der Waals surface area contributed by atoms with Crippen LogP contribution in [0.2, 0.25) is 0 Å². The number of hydrogen-bond donors (Lipinski definition) is 0. The highest BCUT2D eigenvalue weighted by Crippen LogP contribution is 2.54. The van der Waals surface area contributed by atoms with Gasteiger partial charge < -0.3 is 4.74 Å². The predicted molar refractivity (Wildman–Crippen MR) is 134 cm³/mol. The van der Waals surface area contributed by atoms with Gasteiger partial charge in [0, 0.05) is 19.6 Å². The van der Waals surface area contributed by atoms with Gasteiger partial charge in [-0.15, -0.1) is 0 Å². The quantitative estimate of drug-likeness (QED) is 0.237. The zero-order valence-electron chi connectivity index (χ0n) is 17.4. The minimum Gasteiger partial charge on any atom is -0.496 e. The normalized spacial score (nSPS) is 19.1. The molecular formula is C28H21BrOS. The molecule has 0 fully saturated rings. The highest BCUT2D eigenvalue weighted by Gasteiger charge is 2.33. The van der Waals surface area contributed by atoms with E-state index in [0.717, 1.165) is 16.6 Å². The first-order valence-electron chi connectivity index (χ1n) is 10.6.